The van der Waals surface area contributed by atoms with Crippen molar-refractivity contribution in [3.05, 3.63) is 35.5 Å². The van der Waals surface area contributed by atoms with Gasteiger partial charge in [0.2, 0.25) is 0 Å². The van der Waals surface area contributed by atoms with Crippen LogP contribution in [-0.4, -0.2) is 47.8 Å². The first-order valence-corrected chi connectivity index (χ1v) is 7.18. The van der Waals surface area contributed by atoms with Crippen LogP contribution in [0.3, 0.4) is 0 Å². The molecule has 2 saturated heterocycles. The number of carbonyl (C=O) groups is 1. The van der Waals surface area contributed by atoms with Crippen LogP contribution in [0.4, 0.5) is 0 Å². The Kier molecular flexibility index (Phi) is 3.30. The van der Waals surface area contributed by atoms with E-state index in [1.165, 1.54) is 11.6 Å². The minimum absolute atomic E-state index is 0.155. The van der Waals surface area contributed by atoms with Gasteiger partial charge in [0.15, 0.2) is 0 Å². The summed E-state index contributed by atoms with van der Waals surface area (Å²) in [5.41, 5.74) is 2.95. The first kappa shape index (κ1) is 13.6. The van der Waals surface area contributed by atoms with E-state index in [1.807, 2.05) is 0 Å². The van der Waals surface area contributed by atoms with Gasteiger partial charge in [0.25, 0.3) is 0 Å². The van der Waals surface area contributed by atoms with E-state index < -0.39 is 5.97 Å². The largest absolute Gasteiger partial charge is 0.478 e. The lowest BCUT2D eigenvalue weighted by molar-refractivity contribution is -0.131. The molecular formula is C16H21NO3. The Morgan fingerprint density at radius 2 is 2.30 bits per heavy atom. The van der Waals surface area contributed by atoms with Crippen molar-refractivity contribution in [3.8, 4) is 0 Å². The Morgan fingerprint density at radius 3 is 3.00 bits per heavy atom. The zero-order chi connectivity index (χ0) is 14.3. The summed E-state index contributed by atoms with van der Waals surface area (Å²) in [6.07, 6.45) is 7.42. The predicted octanol–water partition coefficient (Wildman–Crippen LogP) is 2.14. The molecule has 0 aromatic heterocycles. The monoisotopic (exact) mass is 275 g/mol. The fraction of sp³-hybridized carbons (Fsp3) is 0.562. The number of rotatable bonds is 2. The average molecular weight is 275 g/mol. The molecule has 1 spiro atoms. The maximum Gasteiger partial charge on any atom is 0.328 e. The molecule has 0 bridgehead atoms. The molecule has 2 atom stereocenters. The predicted molar refractivity (Wildman–Crippen MR) is 76.5 cm³/mol. The lowest BCUT2D eigenvalue weighted by Gasteiger charge is -2.49. The van der Waals surface area contributed by atoms with Gasteiger partial charge in [-0.15, -0.1) is 0 Å². The van der Waals surface area contributed by atoms with Gasteiger partial charge in [-0.1, -0.05) is 12.7 Å². The van der Waals surface area contributed by atoms with E-state index in [9.17, 15) is 9.90 Å². The summed E-state index contributed by atoms with van der Waals surface area (Å²) in [6.45, 7) is 6.09. The van der Waals surface area contributed by atoms with Gasteiger partial charge in [0, 0.05) is 32.7 Å². The summed E-state index contributed by atoms with van der Waals surface area (Å²) in [5, 5.41) is 9.23. The van der Waals surface area contributed by atoms with Crippen molar-refractivity contribution in [2.24, 2.45) is 0 Å². The molecule has 1 aliphatic carbocycles. The zero-order valence-corrected chi connectivity index (χ0v) is 11.9. The topological polar surface area (TPSA) is 49.8 Å². The van der Waals surface area contributed by atoms with Crippen molar-refractivity contribution in [2.75, 3.05) is 20.2 Å². The van der Waals surface area contributed by atoms with Crippen LogP contribution in [0, 0.1) is 0 Å². The zero-order valence-electron chi connectivity index (χ0n) is 11.9. The first-order valence-electron chi connectivity index (χ1n) is 7.18. The molecule has 0 amide bonds. The lowest BCUT2D eigenvalue weighted by atomic mass is 9.69. The van der Waals surface area contributed by atoms with E-state index in [4.69, 9.17) is 4.74 Å². The highest BCUT2D eigenvalue weighted by Gasteiger charge is 2.52. The summed E-state index contributed by atoms with van der Waals surface area (Å²) in [4.78, 5) is 13.7. The Labute approximate surface area is 119 Å². The van der Waals surface area contributed by atoms with Gasteiger partial charge in [-0.25, -0.2) is 4.79 Å². The molecule has 4 heteroatoms. The molecule has 3 aliphatic rings. The Hall–Kier alpha value is -1.39. The SMILES string of the molecule is C=C1CCN2CCC3=CC[C@H](OC)C[C@@]32/C1=C/C(=O)O. The van der Waals surface area contributed by atoms with Gasteiger partial charge in [-0.3, -0.25) is 4.90 Å². The van der Waals surface area contributed by atoms with Crippen LogP contribution in [0.1, 0.15) is 25.7 Å². The fourth-order valence-corrected chi connectivity index (χ4v) is 4.05. The lowest BCUT2D eigenvalue weighted by Crippen LogP contribution is -2.53. The van der Waals surface area contributed by atoms with Crippen LogP contribution in [-0.2, 0) is 9.53 Å². The minimum atomic E-state index is -0.886. The van der Waals surface area contributed by atoms with Crippen LogP contribution >= 0.6 is 0 Å². The molecule has 108 valence electrons. The molecule has 4 nitrogen and oxygen atoms in total. The highest BCUT2D eigenvalue weighted by molar-refractivity contribution is 5.83. The second-order valence-corrected chi connectivity index (χ2v) is 5.87. The summed E-state index contributed by atoms with van der Waals surface area (Å²) < 4.78 is 5.56. The molecule has 2 aliphatic heterocycles. The average Bonchev–Trinajstić information content (AvgIpc) is 2.80. The summed E-state index contributed by atoms with van der Waals surface area (Å²) in [6, 6.07) is 0. The van der Waals surface area contributed by atoms with Crippen molar-refractivity contribution in [3.63, 3.8) is 0 Å². The molecule has 0 aromatic rings. The molecule has 3 rings (SSSR count). The van der Waals surface area contributed by atoms with E-state index in [2.05, 4.69) is 17.6 Å². The van der Waals surface area contributed by atoms with Crippen LogP contribution in [0.15, 0.2) is 35.5 Å². The summed E-state index contributed by atoms with van der Waals surface area (Å²) in [5.74, 6) is -0.886. The molecule has 1 N–H and O–H groups in total. The van der Waals surface area contributed by atoms with Crippen molar-refractivity contribution in [2.45, 2.75) is 37.3 Å². The molecule has 0 unspecified atom stereocenters. The summed E-state index contributed by atoms with van der Waals surface area (Å²) >= 11 is 0. The van der Waals surface area contributed by atoms with E-state index >= 15 is 0 Å². The van der Waals surface area contributed by atoms with Crippen molar-refractivity contribution in [1.82, 2.24) is 4.90 Å². The number of nitrogens with zero attached hydrogens (tertiary/aromatic N) is 1. The van der Waals surface area contributed by atoms with Gasteiger partial charge in [-0.05, 0) is 36.0 Å². The third-order valence-electron chi connectivity index (χ3n) is 4.98. The Balaban J connectivity index is 2.12. The number of carboxylic acids is 1. The normalized spacial score (nSPS) is 35.6. The van der Waals surface area contributed by atoms with E-state index in [1.54, 1.807) is 7.11 Å². The second-order valence-electron chi connectivity index (χ2n) is 5.87. The van der Waals surface area contributed by atoms with Gasteiger partial charge in [0.05, 0.1) is 11.6 Å². The van der Waals surface area contributed by atoms with Crippen LogP contribution in [0.5, 0.6) is 0 Å². The number of hydrogen-bond donors (Lipinski definition) is 1. The fourth-order valence-electron chi connectivity index (χ4n) is 4.05. The van der Waals surface area contributed by atoms with Crippen molar-refractivity contribution >= 4 is 5.97 Å². The quantitative estimate of drug-likeness (QED) is 0.619. The molecular weight excluding hydrogens is 254 g/mol. The molecule has 2 heterocycles. The van der Waals surface area contributed by atoms with Crippen LogP contribution in [0.25, 0.3) is 0 Å². The number of methoxy groups -OCH3 is 1. The van der Waals surface area contributed by atoms with E-state index in [0.29, 0.717) is 0 Å². The number of carboxylic acid groups (broad SMARTS) is 1. The van der Waals surface area contributed by atoms with Crippen molar-refractivity contribution < 1.29 is 14.6 Å². The molecule has 20 heavy (non-hydrogen) atoms. The number of ether oxygens (including phenoxy) is 1. The number of aliphatic carboxylic acids is 1. The second kappa shape index (κ2) is 4.86. The van der Waals surface area contributed by atoms with Gasteiger partial charge in [0.1, 0.15) is 0 Å². The Morgan fingerprint density at radius 1 is 1.55 bits per heavy atom. The minimum Gasteiger partial charge on any atom is -0.478 e. The summed E-state index contributed by atoms with van der Waals surface area (Å²) in [7, 11) is 1.73. The number of hydrogen-bond acceptors (Lipinski definition) is 3. The molecule has 0 saturated carbocycles. The van der Waals surface area contributed by atoms with Crippen LogP contribution < -0.4 is 0 Å². The van der Waals surface area contributed by atoms with E-state index in [0.717, 1.165) is 49.9 Å². The third kappa shape index (κ3) is 1.86. The first-order chi connectivity index (χ1) is 9.57. The van der Waals surface area contributed by atoms with Crippen molar-refractivity contribution in [1.29, 1.82) is 0 Å². The highest BCUT2D eigenvalue weighted by Crippen LogP contribution is 2.51. The molecule has 0 aromatic carbocycles. The Bertz CT molecular complexity index is 520. The standard InChI is InChI=1S/C16H21NO3/c1-11-5-7-17-8-6-12-3-4-13(20-2)10-16(12,17)14(11)9-15(18)19/h3,9,13H,1,4-8,10H2,2H3,(H,18,19)/b14-9+/t13-,16-/m0/s1. The highest BCUT2D eigenvalue weighted by atomic mass is 16.5. The maximum absolute atomic E-state index is 11.2. The van der Waals surface area contributed by atoms with Gasteiger partial charge in [-0.2, -0.15) is 0 Å². The molecule has 0 radical (unpaired) electrons. The van der Waals surface area contributed by atoms with Gasteiger partial charge >= 0.3 is 5.97 Å². The maximum atomic E-state index is 11.2. The smallest absolute Gasteiger partial charge is 0.328 e. The van der Waals surface area contributed by atoms with E-state index in [-0.39, 0.29) is 11.6 Å². The van der Waals surface area contributed by atoms with Gasteiger partial charge < -0.3 is 9.84 Å². The van der Waals surface area contributed by atoms with Crippen LogP contribution in [0.2, 0.25) is 0 Å². The number of piperidine rings is 1. The molecule has 2 fully saturated rings. The third-order valence-corrected chi connectivity index (χ3v) is 4.98.